The largest absolute Gasteiger partial charge is 0.372 e. The van der Waals surface area contributed by atoms with Gasteiger partial charge in [-0.3, -0.25) is 9.78 Å². The van der Waals surface area contributed by atoms with Crippen molar-refractivity contribution in [1.82, 2.24) is 15.0 Å². The van der Waals surface area contributed by atoms with Crippen LogP contribution in [0.25, 0.3) is 0 Å². The zero-order valence-corrected chi connectivity index (χ0v) is 15.4. The number of benzene rings is 1. The second-order valence-electron chi connectivity index (χ2n) is 5.87. The average molecular weight is 368 g/mol. The van der Waals surface area contributed by atoms with Gasteiger partial charge in [-0.25, -0.2) is 9.97 Å². The highest BCUT2D eigenvalue weighted by atomic mass is 32.1. The molecule has 26 heavy (non-hydrogen) atoms. The highest BCUT2D eigenvalue weighted by Crippen LogP contribution is 2.13. The van der Waals surface area contributed by atoms with E-state index >= 15 is 0 Å². The summed E-state index contributed by atoms with van der Waals surface area (Å²) in [4.78, 5) is 23.6. The third-order valence-corrected chi connectivity index (χ3v) is 4.79. The molecule has 2 aromatic heterocycles. The van der Waals surface area contributed by atoms with Crippen molar-refractivity contribution in [1.29, 1.82) is 5.41 Å². The first-order valence-electron chi connectivity index (χ1n) is 8.14. The standard InChI is InChI=1S/C18H20N6OS/c1-11-3-4-13(7-12(11)2)9-22-18-23-14(8-19)16(17(25)24-18)21-10-15-20-5-6-26-15/h3-8,19,21H,9-10H2,1-2H3,(H2,22,23,24,25). The molecule has 2 heterocycles. The van der Waals surface area contributed by atoms with E-state index in [1.54, 1.807) is 6.20 Å². The number of anilines is 2. The molecular weight excluding hydrogens is 348 g/mol. The van der Waals surface area contributed by atoms with Gasteiger partial charge in [-0.2, -0.15) is 0 Å². The predicted octanol–water partition coefficient (Wildman–Crippen LogP) is 3.07. The fourth-order valence-electron chi connectivity index (χ4n) is 2.45. The number of aryl methyl sites for hydroxylation is 2. The summed E-state index contributed by atoms with van der Waals surface area (Å²) in [7, 11) is 0. The Kier molecular flexibility index (Phi) is 5.43. The van der Waals surface area contributed by atoms with E-state index in [-0.39, 0.29) is 16.9 Å². The lowest BCUT2D eigenvalue weighted by Crippen LogP contribution is -2.20. The second-order valence-corrected chi connectivity index (χ2v) is 6.85. The van der Waals surface area contributed by atoms with Crippen molar-refractivity contribution < 1.29 is 0 Å². The van der Waals surface area contributed by atoms with Gasteiger partial charge in [0.2, 0.25) is 5.95 Å². The third-order valence-electron chi connectivity index (χ3n) is 4.02. The first-order chi connectivity index (χ1) is 12.6. The third kappa shape index (κ3) is 4.15. The van der Waals surface area contributed by atoms with Crippen molar-refractivity contribution in [3.63, 3.8) is 0 Å². The Morgan fingerprint density at radius 1 is 1.23 bits per heavy atom. The molecule has 0 saturated carbocycles. The molecule has 0 unspecified atom stereocenters. The van der Waals surface area contributed by atoms with Crippen molar-refractivity contribution in [2.75, 3.05) is 10.6 Å². The molecule has 0 aliphatic rings. The van der Waals surface area contributed by atoms with Crippen LogP contribution in [-0.2, 0) is 13.1 Å². The lowest BCUT2D eigenvalue weighted by atomic mass is 10.1. The Morgan fingerprint density at radius 2 is 2.08 bits per heavy atom. The maximum atomic E-state index is 12.4. The Hall–Kier alpha value is -3.00. The van der Waals surface area contributed by atoms with Crippen LogP contribution in [0.3, 0.4) is 0 Å². The molecule has 0 radical (unpaired) electrons. The number of hydrogen-bond acceptors (Lipinski definition) is 7. The SMILES string of the molecule is Cc1ccc(CNc2nc(C=N)c(NCc3nccs3)c(=O)[nH]2)cc1C. The Bertz CT molecular complexity index is 964. The number of H-pyrrole nitrogens is 1. The van der Waals surface area contributed by atoms with Gasteiger partial charge in [-0.05, 0) is 30.5 Å². The van der Waals surface area contributed by atoms with Crippen LogP contribution in [0.2, 0.25) is 0 Å². The first-order valence-corrected chi connectivity index (χ1v) is 9.02. The van der Waals surface area contributed by atoms with Gasteiger partial charge < -0.3 is 16.0 Å². The summed E-state index contributed by atoms with van der Waals surface area (Å²) in [6.07, 6.45) is 2.78. The lowest BCUT2D eigenvalue weighted by molar-refractivity contribution is 1.01. The van der Waals surface area contributed by atoms with Crippen LogP contribution in [0.4, 0.5) is 11.6 Å². The molecule has 0 amide bonds. The van der Waals surface area contributed by atoms with E-state index in [1.807, 2.05) is 11.4 Å². The fourth-order valence-corrected chi connectivity index (χ4v) is 3.01. The summed E-state index contributed by atoms with van der Waals surface area (Å²) in [6.45, 7) is 5.08. The summed E-state index contributed by atoms with van der Waals surface area (Å²) in [5.74, 6) is 0.339. The monoisotopic (exact) mass is 368 g/mol. The summed E-state index contributed by atoms with van der Waals surface area (Å²) in [5.41, 5.74) is 3.78. The van der Waals surface area contributed by atoms with E-state index in [0.717, 1.165) is 16.8 Å². The number of rotatable bonds is 7. The molecule has 7 nitrogen and oxygen atoms in total. The minimum absolute atomic E-state index is 0.270. The Labute approximate surface area is 155 Å². The van der Waals surface area contributed by atoms with Crippen molar-refractivity contribution in [2.45, 2.75) is 26.9 Å². The molecule has 0 aliphatic carbocycles. The van der Waals surface area contributed by atoms with Crippen LogP contribution >= 0.6 is 11.3 Å². The molecule has 0 aliphatic heterocycles. The predicted molar refractivity (Wildman–Crippen MR) is 105 cm³/mol. The quantitative estimate of drug-likeness (QED) is 0.480. The molecule has 3 rings (SSSR count). The molecule has 134 valence electrons. The Balaban J connectivity index is 1.74. The van der Waals surface area contributed by atoms with Gasteiger partial charge in [0.05, 0.1) is 6.54 Å². The van der Waals surface area contributed by atoms with Gasteiger partial charge in [0, 0.05) is 24.3 Å². The smallest absolute Gasteiger partial charge is 0.276 e. The number of aromatic amines is 1. The molecule has 4 N–H and O–H groups in total. The summed E-state index contributed by atoms with van der Waals surface area (Å²) in [6, 6.07) is 6.20. The van der Waals surface area contributed by atoms with E-state index in [1.165, 1.54) is 22.5 Å². The molecule has 0 fully saturated rings. The van der Waals surface area contributed by atoms with Crippen molar-refractivity contribution >= 4 is 29.2 Å². The lowest BCUT2D eigenvalue weighted by Gasteiger charge is -2.11. The molecular formula is C18H20N6OS. The first kappa shape index (κ1) is 17.8. The average Bonchev–Trinajstić information content (AvgIpc) is 3.15. The minimum atomic E-state index is -0.322. The zero-order chi connectivity index (χ0) is 18.5. The molecule has 0 spiro atoms. The second kappa shape index (κ2) is 7.92. The summed E-state index contributed by atoms with van der Waals surface area (Å²) < 4.78 is 0. The summed E-state index contributed by atoms with van der Waals surface area (Å²) >= 11 is 1.50. The molecule has 3 aromatic rings. The summed E-state index contributed by atoms with van der Waals surface area (Å²) in [5, 5.41) is 16.4. The minimum Gasteiger partial charge on any atom is -0.372 e. The molecule has 8 heteroatoms. The van der Waals surface area contributed by atoms with Crippen molar-refractivity contribution in [3.05, 3.63) is 67.5 Å². The molecule has 0 atom stereocenters. The van der Waals surface area contributed by atoms with Crippen LogP contribution in [0.1, 0.15) is 27.4 Å². The van der Waals surface area contributed by atoms with E-state index in [9.17, 15) is 4.79 Å². The number of hydrogen-bond donors (Lipinski definition) is 4. The van der Waals surface area contributed by atoms with Crippen LogP contribution in [0.5, 0.6) is 0 Å². The van der Waals surface area contributed by atoms with Crippen LogP contribution in [0.15, 0.2) is 34.6 Å². The molecule has 0 bridgehead atoms. The Morgan fingerprint density at radius 3 is 2.77 bits per heavy atom. The number of nitrogens with one attached hydrogen (secondary N) is 4. The van der Waals surface area contributed by atoms with Gasteiger partial charge in [0.25, 0.3) is 5.56 Å². The molecule has 0 saturated heterocycles. The van der Waals surface area contributed by atoms with Crippen molar-refractivity contribution in [2.24, 2.45) is 0 Å². The highest BCUT2D eigenvalue weighted by molar-refractivity contribution is 7.09. The zero-order valence-electron chi connectivity index (χ0n) is 14.6. The van der Waals surface area contributed by atoms with Gasteiger partial charge in [0.15, 0.2) is 0 Å². The van der Waals surface area contributed by atoms with E-state index in [4.69, 9.17) is 5.41 Å². The van der Waals surface area contributed by atoms with Gasteiger partial charge in [-0.15, -0.1) is 11.3 Å². The molecule has 1 aromatic carbocycles. The van der Waals surface area contributed by atoms with Gasteiger partial charge in [0.1, 0.15) is 16.4 Å². The van der Waals surface area contributed by atoms with E-state index in [2.05, 4.69) is 51.6 Å². The van der Waals surface area contributed by atoms with Crippen LogP contribution in [-0.4, -0.2) is 21.2 Å². The van der Waals surface area contributed by atoms with Gasteiger partial charge in [-0.1, -0.05) is 18.2 Å². The van der Waals surface area contributed by atoms with Crippen LogP contribution in [0, 0.1) is 19.3 Å². The topological polar surface area (TPSA) is 107 Å². The fraction of sp³-hybridized carbons (Fsp3) is 0.222. The maximum Gasteiger partial charge on any atom is 0.276 e. The number of nitrogens with zero attached hydrogens (tertiary/aromatic N) is 2. The van der Waals surface area contributed by atoms with Crippen molar-refractivity contribution in [3.8, 4) is 0 Å². The highest BCUT2D eigenvalue weighted by Gasteiger charge is 2.10. The van der Waals surface area contributed by atoms with Crippen LogP contribution < -0.4 is 16.2 Å². The van der Waals surface area contributed by atoms with Gasteiger partial charge >= 0.3 is 0 Å². The number of aromatic nitrogens is 3. The van der Waals surface area contributed by atoms with E-state index in [0.29, 0.717) is 19.0 Å². The maximum absolute atomic E-state index is 12.4. The van der Waals surface area contributed by atoms with E-state index < -0.39 is 0 Å². The number of thiazole rings is 1. The normalized spacial score (nSPS) is 10.5.